The second kappa shape index (κ2) is 3.69. The predicted molar refractivity (Wildman–Crippen MR) is 66.6 cm³/mol. The third-order valence-corrected chi connectivity index (χ3v) is 3.86. The summed E-state index contributed by atoms with van der Waals surface area (Å²) in [5, 5.41) is 8.37. The van der Waals surface area contributed by atoms with Crippen LogP contribution in [0.3, 0.4) is 0 Å². The highest BCUT2D eigenvalue weighted by molar-refractivity contribution is 5.36. The molecular formula is C14H17N3. The van der Waals surface area contributed by atoms with Gasteiger partial charge in [0.05, 0.1) is 5.41 Å². The molecule has 1 aliphatic carbocycles. The highest BCUT2D eigenvalue weighted by Crippen LogP contribution is 2.51. The Balaban J connectivity index is 2.09. The van der Waals surface area contributed by atoms with Gasteiger partial charge in [0, 0.05) is 7.05 Å². The standard InChI is InChI=1S/C14H17N3/c1-11-8-14(9-11,12-6-4-3-5-7-12)13-16-15-10-17(13)2/h3-7,10-11H,8-9H2,1-2H3. The van der Waals surface area contributed by atoms with E-state index in [1.165, 1.54) is 18.4 Å². The average Bonchev–Trinajstić information content (AvgIpc) is 2.72. The Bertz CT molecular complexity index is 509. The zero-order valence-electron chi connectivity index (χ0n) is 10.3. The Morgan fingerprint density at radius 2 is 1.94 bits per heavy atom. The maximum Gasteiger partial charge on any atom is 0.143 e. The summed E-state index contributed by atoms with van der Waals surface area (Å²) in [5.74, 6) is 1.87. The van der Waals surface area contributed by atoms with E-state index in [1.54, 1.807) is 6.33 Å². The minimum absolute atomic E-state index is 0.0892. The van der Waals surface area contributed by atoms with Crippen LogP contribution >= 0.6 is 0 Å². The minimum Gasteiger partial charge on any atom is -0.320 e. The molecule has 0 bridgehead atoms. The van der Waals surface area contributed by atoms with Gasteiger partial charge in [-0.3, -0.25) is 0 Å². The lowest BCUT2D eigenvalue weighted by molar-refractivity contribution is 0.185. The number of benzene rings is 1. The fourth-order valence-electron chi connectivity index (χ4n) is 3.15. The van der Waals surface area contributed by atoms with Crippen LogP contribution in [0.2, 0.25) is 0 Å². The molecule has 17 heavy (non-hydrogen) atoms. The molecule has 3 heteroatoms. The van der Waals surface area contributed by atoms with E-state index in [1.807, 2.05) is 7.05 Å². The zero-order chi connectivity index (χ0) is 11.9. The van der Waals surface area contributed by atoms with E-state index in [9.17, 15) is 0 Å². The number of hydrogen-bond donors (Lipinski definition) is 0. The van der Waals surface area contributed by atoms with Crippen molar-refractivity contribution in [1.29, 1.82) is 0 Å². The molecule has 1 heterocycles. The van der Waals surface area contributed by atoms with Crippen LogP contribution in [0.15, 0.2) is 36.7 Å². The van der Waals surface area contributed by atoms with Gasteiger partial charge in [0.15, 0.2) is 0 Å². The number of rotatable bonds is 2. The van der Waals surface area contributed by atoms with Gasteiger partial charge in [-0.25, -0.2) is 0 Å². The van der Waals surface area contributed by atoms with E-state index in [0.717, 1.165) is 11.7 Å². The molecule has 0 saturated heterocycles. The molecule has 0 atom stereocenters. The molecule has 2 aromatic rings. The molecule has 1 saturated carbocycles. The van der Waals surface area contributed by atoms with Crippen LogP contribution in [-0.4, -0.2) is 14.8 Å². The monoisotopic (exact) mass is 227 g/mol. The van der Waals surface area contributed by atoms with Crippen molar-refractivity contribution in [3.8, 4) is 0 Å². The topological polar surface area (TPSA) is 30.7 Å². The molecular weight excluding hydrogens is 210 g/mol. The van der Waals surface area contributed by atoms with Crippen molar-refractivity contribution in [2.24, 2.45) is 13.0 Å². The van der Waals surface area contributed by atoms with E-state index in [4.69, 9.17) is 0 Å². The van der Waals surface area contributed by atoms with Gasteiger partial charge in [-0.1, -0.05) is 37.3 Å². The third kappa shape index (κ3) is 1.49. The normalized spacial score (nSPS) is 27.8. The number of aryl methyl sites for hydroxylation is 1. The van der Waals surface area contributed by atoms with Crippen LogP contribution in [0.5, 0.6) is 0 Å². The molecule has 0 amide bonds. The van der Waals surface area contributed by atoms with Crippen LogP contribution in [-0.2, 0) is 12.5 Å². The molecule has 0 spiro atoms. The summed E-state index contributed by atoms with van der Waals surface area (Å²) >= 11 is 0. The van der Waals surface area contributed by atoms with Crippen molar-refractivity contribution in [1.82, 2.24) is 14.8 Å². The first-order valence-electron chi connectivity index (χ1n) is 6.12. The zero-order valence-corrected chi connectivity index (χ0v) is 10.3. The summed E-state index contributed by atoms with van der Waals surface area (Å²) in [6.45, 7) is 2.30. The minimum atomic E-state index is 0.0892. The summed E-state index contributed by atoms with van der Waals surface area (Å²) in [4.78, 5) is 0. The van der Waals surface area contributed by atoms with Crippen LogP contribution < -0.4 is 0 Å². The Labute approximate surface area is 101 Å². The molecule has 0 radical (unpaired) electrons. The van der Waals surface area contributed by atoms with Crippen molar-refractivity contribution in [3.05, 3.63) is 48.0 Å². The van der Waals surface area contributed by atoms with Crippen LogP contribution in [0.1, 0.15) is 31.2 Å². The van der Waals surface area contributed by atoms with E-state index in [0.29, 0.717) is 0 Å². The van der Waals surface area contributed by atoms with Gasteiger partial charge >= 0.3 is 0 Å². The molecule has 0 N–H and O–H groups in total. The predicted octanol–water partition coefficient (Wildman–Crippen LogP) is 2.53. The van der Waals surface area contributed by atoms with Crippen molar-refractivity contribution in [2.45, 2.75) is 25.2 Å². The highest BCUT2D eigenvalue weighted by atomic mass is 15.3. The molecule has 1 fully saturated rings. The molecule has 0 aliphatic heterocycles. The maximum atomic E-state index is 4.33. The smallest absolute Gasteiger partial charge is 0.143 e. The fraction of sp³-hybridized carbons (Fsp3) is 0.429. The molecule has 1 aliphatic rings. The molecule has 3 nitrogen and oxygen atoms in total. The Hall–Kier alpha value is -1.64. The van der Waals surface area contributed by atoms with E-state index in [-0.39, 0.29) is 5.41 Å². The Kier molecular flexibility index (Phi) is 2.28. The van der Waals surface area contributed by atoms with Gasteiger partial charge in [-0.15, -0.1) is 10.2 Å². The van der Waals surface area contributed by atoms with E-state index < -0.39 is 0 Å². The lowest BCUT2D eigenvalue weighted by atomic mass is 9.58. The molecule has 3 rings (SSSR count). The second-order valence-electron chi connectivity index (χ2n) is 5.23. The molecule has 1 aromatic heterocycles. The van der Waals surface area contributed by atoms with Gasteiger partial charge in [0.1, 0.15) is 12.2 Å². The first-order chi connectivity index (χ1) is 8.22. The lowest BCUT2D eigenvalue weighted by Gasteiger charge is -2.46. The third-order valence-electron chi connectivity index (χ3n) is 3.86. The van der Waals surface area contributed by atoms with E-state index in [2.05, 4.69) is 52.0 Å². The SMILES string of the molecule is CC1CC(c2ccccc2)(c2nncn2C)C1. The quantitative estimate of drug-likeness (QED) is 0.789. The summed E-state index contributed by atoms with van der Waals surface area (Å²) in [7, 11) is 2.03. The first kappa shape index (κ1) is 10.5. The lowest BCUT2D eigenvalue weighted by Crippen LogP contribution is -2.43. The first-order valence-corrected chi connectivity index (χ1v) is 6.12. The van der Waals surface area contributed by atoms with Gasteiger partial charge in [-0.05, 0) is 24.3 Å². The summed E-state index contributed by atoms with van der Waals surface area (Å²) in [6.07, 6.45) is 4.14. The average molecular weight is 227 g/mol. The molecule has 1 aromatic carbocycles. The molecule has 88 valence electrons. The highest BCUT2D eigenvalue weighted by Gasteiger charge is 2.47. The van der Waals surface area contributed by atoms with Gasteiger partial charge in [0.25, 0.3) is 0 Å². The van der Waals surface area contributed by atoms with Crippen molar-refractivity contribution < 1.29 is 0 Å². The Morgan fingerprint density at radius 3 is 2.47 bits per heavy atom. The fourth-order valence-corrected chi connectivity index (χ4v) is 3.15. The van der Waals surface area contributed by atoms with Crippen molar-refractivity contribution >= 4 is 0 Å². The largest absolute Gasteiger partial charge is 0.320 e. The second-order valence-corrected chi connectivity index (χ2v) is 5.23. The van der Waals surface area contributed by atoms with Gasteiger partial charge in [0.2, 0.25) is 0 Å². The van der Waals surface area contributed by atoms with E-state index >= 15 is 0 Å². The number of aromatic nitrogens is 3. The van der Waals surface area contributed by atoms with Crippen molar-refractivity contribution in [2.75, 3.05) is 0 Å². The van der Waals surface area contributed by atoms with Crippen LogP contribution in [0.4, 0.5) is 0 Å². The maximum absolute atomic E-state index is 4.33. The van der Waals surface area contributed by atoms with Crippen LogP contribution in [0, 0.1) is 5.92 Å². The molecule has 0 unspecified atom stereocenters. The number of hydrogen-bond acceptors (Lipinski definition) is 2. The number of nitrogens with zero attached hydrogens (tertiary/aromatic N) is 3. The summed E-state index contributed by atoms with van der Waals surface area (Å²) in [6, 6.07) is 10.7. The summed E-state index contributed by atoms with van der Waals surface area (Å²) in [5.41, 5.74) is 1.46. The Morgan fingerprint density at radius 1 is 1.24 bits per heavy atom. The van der Waals surface area contributed by atoms with Crippen LogP contribution in [0.25, 0.3) is 0 Å². The van der Waals surface area contributed by atoms with Gasteiger partial charge in [-0.2, -0.15) is 0 Å². The summed E-state index contributed by atoms with van der Waals surface area (Å²) < 4.78 is 2.05. The van der Waals surface area contributed by atoms with Gasteiger partial charge < -0.3 is 4.57 Å². The van der Waals surface area contributed by atoms with Crippen molar-refractivity contribution in [3.63, 3.8) is 0 Å².